The van der Waals surface area contributed by atoms with Crippen LogP contribution < -0.4 is 5.32 Å². The number of fused-ring (bicyclic) bond motifs is 1. The first kappa shape index (κ1) is 14.7. The molecule has 0 aromatic carbocycles. The van der Waals surface area contributed by atoms with E-state index < -0.39 is 6.10 Å². The summed E-state index contributed by atoms with van der Waals surface area (Å²) in [7, 11) is 0. The van der Waals surface area contributed by atoms with Crippen LogP contribution in [-0.2, 0) is 4.74 Å². The second-order valence-corrected chi connectivity index (χ2v) is 5.41. The molecular weight excluding hydrogens is 278 g/mol. The van der Waals surface area contributed by atoms with Crippen LogP contribution in [0.25, 0.3) is 10.2 Å². The molecule has 108 valence electrons. The van der Waals surface area contributed by atoms with Crippen molar-refractivity contribution in [2.24, 2.45) is 0 Å². The number of esters is 1. The number of aliphatic hydroxyl groups excluding tert-OH is 1. The number of hydrogen-bond donors (Lipinski definition) is 2. The zero-order valence-electron chi connectivity index (χ0n) is 11.6. The third-order valence-electron chi connectivity index (χ3n) is 2.75. The van der Waals surface area contributed by atoms with Crippen LogP contribution in [0.2, 0.25) is 0 Å². The van der Waals surface area contributed by atoms with E-state index in [0.29, 0.717) is 23.8 Å². The Morgan fingerprint density at radius 2 is 2.30 bits per heavy atom. The number of aliphatic hydroxyl groups is 1. The van der Waals surface area contributed by atoms with Gasteiger partial charge in [-0.25, -0.2) is 14.8 Å². The molecule has 0 aliphatic rings. The Hall–Kier alpha value is -1.73. The number of thiophene rings is 1. The van der Waals surface area contributed by atoms with Crippen LogP contribution in [0, 0.1) is 6.92 Å². The first-order valence-electron chi connectivity index (χ1n) is 6.37. The molecule has 2 N–H and O–H groups in total. The summed E-state index contributed by atoms with van der Waals surface area (Å²) in [5, 5.41) is 13.2. The molecular formula is C13H17N3O3S. The Kier molecular flexibility index (Phi) is 4.51. The van der Waals surface area contributed by atoms with Gasteiger partial charge in [0, 0.05) is 6.54 Å². The number of aryl methyl sites for hydroxylation is 1. The molecule has 0 bridgehead atoms. The molecule has 0 unspecified atom stereocenters. The van der Waals surface area contributed by atoms with Crippen molar-refractivity contribution in [3.05, 3.63) is 16.8 Å². The molecule has 0 radical (unpaired) electrons. The van der Waals surface area contributed by atoms with Crippen molar-refractivity contribution < 1.29 is 14.6 Å². The van der Waals surface area contributed by atoms with Gasteiger partial charge >= 0.3 is 5.97 Å². The first-order valence-corrected chi connectivity index (χ1v) is 7.19. The van der Waals surface area contributed by atoms with E-state index in [1.807, 2.05) is 6.92 Å². The molecule has 2 aromatic heterocycles. The maximum Gasteiger partial charge on any atom is 0.348 e. The van der Waals surface area contributed by atoms with E-state index in [1.54, 1.807) is 13.8 Å². The quantitative estimate of drug-likeness (QED) is 0.820. The lowest BCUT2D eigenvalue weighted by molar-refractivity contribution is 0.0531. The molecule has 0 saturated heterocycles. The van der Waals surface area contributed by atoms with Gasteiger partial charge in [-0.1, -0.05) is 0 Å². The molecule has 6 nitrogen and oxygen atoms in total. The highest BCUT2D eigenvalue weighted by molar-refractivity contribution is 7.20. The van der Waals surface area contributed by atoms with Crippen LogP contribution >= 0.6 is 11.3 Å². The summed E-state index contributed by atoms with van der Waals surface area (Å²) in [6.07, 6.45) is 0.959. The van der Waals surface area contributed by atoms with Crippen LogP contribution in [0.5, 0.6) is 0 Å². The van der Waals surface area contributed by atoms with Crippen LogP contribution in [0.3, 0.4) is 0 Å². The highest BCUT2D eigenvalue weighted by atomic mass is 32.1. The number of nitrogens with zero attached hydrogens (tertiary/aromatic N) is 2. The predicted octanol–water partition coefficient (Wildman–Crippen LogP) is 1.97. The summed E-state index contributed by atoms with van der Waals surface area (Å²) >= 11 is 1.29. The molecule has 0 spiro atoms. The van der Waals surface area contributed by atoms with Crippen molar-refractivity contribution in [1.29, 1.82) is 0 Å². The minimum absolute atomic E-state index is 0.338. The standard InChI is InChI=1S/C13H17N3O3S/c1-4-19-13(18)10-8(3)9-11(14-5-7(2)17)15-6-16-12(9)20-10/h6-7,17H,4-5H2,1-3H3,(H,14,15,16)/t7-/m0/s1. The molecule has 1 atom stereocenters. The van der Waals surface area contributed by atoms with Crippen LogP contribution in [-0.4, -0.2) is 40.3 Å². The monoisotopic (exact) mass is 295 g/mol. The lowest BCUT2D eigenvalue weighted by atomic mass is 10.2. The van der Waals surface area contributed by atoms with Crippen molar-refractivity contribution in [2.75, 3.05) is 18.5 Å². The molecule has 2 heterocycles. The lowest BCUT2D eigenvalue weighted by Crippen LogP contribution is -2.16. The molecule has 20 heavy (non-hydrogen) atoms. The Morgan fingerprint density at radius 1 is 1.55 bits per heavy atom. The van der Waals surface area contributed by atoms with Crippen molar-refractivity contribution in [3.8, 4) is 0 Å². The van der Waals surface area contributed by atoms with Crippen LogP contribution in [0.15, 0.2) is 6.33 Å². The van der Waals surface area contributed by atoms with Gasteiger partial charge in [-0.05, 0) is 26.3 Å². The van der Waals surface area contributed by atoms with Gasteiger partial charge < -0.3 is 15.2 Å². The number of nitrogens with one attached hydrogen (secondary N) is 1. The smallest absolute Gasteiger partial charge is 0.348 e. The fraction of sp³-hybridized carbons (Fsp3) is 0.462. The van der Waals surface area contributed by atoms with Gasteiger partial charge in [0.05, 0.1) is 18.1 Å². The third-order valence-corrected chi connectivity index (χ3v) is 3.93. The molecule has 0 amide bonds. The number of hydrogen-bond acceptors (Lipinski definition) is 7. The molecule has 2 aromatic rings. The summed E-state index contributed by atoms with van der Waals surface area (Å²) < 4.78 is 5.04. The zero-order valence-corrected chi connectivity index (χ0v) is 12.5. The summed E-state index contributed by atoms with van der Waals surface area (Å²) in [6, 6.07) is 0. The van der Waals surface area contributed by atoms with Crippen molar-refractivity contribution in [2.45, 2.75) is 26.9 Å². The van der Waals surface area contributed by atoms with E-state index in [0.717, 1.165) is 15.8 Å². The van der Waals surface area contributed by atoms with Gasteiger partial charge in [-0.3, -0.25) is 0 Å². The second kappa shape index (κ2) is 6.15. The van der Waals surface area contributed by atoms with Crippen LogP contribution in [0.1, 0.15) is 29.1 Å². The summed E-state index contributed by atoms with van der Waals surface area (Å²) in [5.41, 5.74) is 0.803. The zero-order chi connectivity index (χ0) is 14.7. The highest BCUT2D eigenvalue weighted by Gasteiger charge is 2.20. The Bertz CT molecular complexity index is 625. The van der Waals surface area contributed by atoms with E-state index >= 15 is 0 Å². The fourth-order valence-electron chi connectivity index (χ4n) is 1.84. The molecule has 0 fully saturated rings. The molecule has 0 saturated carbocycles. The van der Waals surface area contributed by atoms with E-state index in [-0.39, 0.29) is 5.97 Å². The second-order valence-electron chi connectivity index (χ2n) is 4.41. The van der Waals surface area contributed by atoms with Gasteiger partial charge in [0.1, 0.15) is 21.9 Å². The normalized spacial score (nSPS) is 12.4. The SMILES string of the molecule is CCOC(=O)c1sc2ncnc(NC[C@H](C)O)c2c1C. The fourth-order valence-corrected chi connectivity index (χ4v) is 2.88. The number of rotatable bonds is 5. The number of aromatic nitrogens is 2. The molecule has 0 aliphatic heterocycles. The van der Waals surface area contributed by atoms with Crippen molar-refractivity contribution >= 4 is 33.3 Å². The number of carbonyl (C=O) groups excluding carboxylic acids is 1. The summed E-state index contributed by atoms with van der Waals surface area (Å²) in [4.78, 5) is 21.5. The van der Waals surface area contributed by atoms with Crippen LogP contribution in [0.4, 0.5) is 5.82 Å². The Balaban J connectivity index is 2.43. The first-order chi connectivity index (χ1) is 9.54. The Morgan fingerprint density at radius 3 is 2.95 bits per heavy atom. The average molecular weight is 295 g/mol. The van der Waals surface area contributed by atoms with E-state index in [1.165, 1.54) is 17.7 Å². The van der Waals surface area contributed by atoms with Gasteiger partial charge in [0.2, 0.25) is 0 Å². The topological polar surface area (TPSA) is 84.3 Å². The molecule has 0 aliphatic carbocycles. The molecule has 7 heteroatoms. The Labute approximate surface area is 120 Å². The van der Waals surface area contributed by atoms with E-state index in [4.69, 9.17) is 4.74 Å². The van der Waals surface area contributed by atoms with Crippen molar-refractivity contribution in [1.82, 2.24) is 9.97 Å². The van der Waals surface area contributed by atoms with Gasteiger partial charge in [0.15, 0.2) is 0 Å². The van der Waals surface area contributed by atoms with Gasteiger partial charge in [-0.15, -0.1) is 11.3 Å². The molecule has 2 rings (SSSR count). The highest BCUT2D eigenvalue weighted by Crippen LogP contribution is 2.33. The predicted molar refractivity (Wildman–Crippen MR) is 78.3 cm³/mol. The van der Waals surface area contributed by atoms with Crippen molar-refractivity contribution in [3.63, 3.8) is 0 Å². The summed E-state index contributed by atoms with van der Waals surface area (Å²) in [6.45, 7) is 6.04. The number of carbonyl (C=O) groups is 1. The average Bonchev–Trinajstić information content (AvgIpc) is 2.75. The van der Waals surface area contributed by atoms with E-state index in [9.17, 15) is 9.90 Å². The maximum atomic E-state index is 11.9. The third kappa shape index (κ3) is 2.88. The summed E-state index contributed by atoms with van der Waals surface area (Å²) in [5.74, 6) is 0.287. The van der Waals surface area contributed by atoms with E-state index in [2.05, 4.69) is 15.3 Å². The maximum absolute atomic E-state index is 11.9. The minimum Gasteiger partial charge on any atom is -0.462 e. The minimum atomic E-state index is -0.483. The van der Waals surface area contributed by atoms with Gasteiger partial charge in [0.25, 0.3) is 0 Å². The lowest BCUT2D eigenvalue weighted by Gasteiger charge is -2.08. The van der Waals surface area contributed by atoms with Gasteiger partial charge in [-0.2, -0.15) is 0 Å². The largest absolute Gasteiger partial charge is 0.462 e. The number of ether oxygens (including phenoxy) is 1. The number of anilines is 1.